The molecule has 0 aliphatic carbocycles. The monoisotopic (exact) mass is 678 g/mol. The van der Waals surface area contributed by atoms with Crippen molar-refractivity contribution in [1.82, 2.24) is 9.55 Å². The van der Waals surface area contributed by atoms with E-state index in [1.165, 1.54) is 121 Å². The Labute approximate surface area is 331 Å². The van der Waals surface area contributed by atoms with Gasteiger partial charge >= 0.3 is 0 Å². The van der Waals surface area contributed by atoms with E-state index in [-0.39, 0.29) is 0 Å². The van der Waals surface area contributed by atoms with Gasteiger partial charge in [0.2, 0.25) is 0 Å². The van der Waals surface area contributed by atoms with Crippen molar-refractivity contribution in [2.75, 3.05) is 0 Å². The Morgan fingerprint density at radius 1 is 0.352 bits per heavy atom. The van der Waals surface area contributed by atoms with Crippen LogP contribution in [0.2, 0.25) is 0 Å². The summed E-state index contributed by atoms with van der Waals surface area (Å²) < 4.78 is 2.49. The summed E-state index contributed by atoms with van der Waals surface area (Å²) in [6, 6.07) is 28.8. The number of fused-ring (bicyclic) bond motifs is 3. The maximum atomic E-state index is 5.38. The third kappa shape index (κ3) is 5.17. The predicted molar refractivity (Wildman–Crippen MR) is 279 cm³/mol. The Balaban J connectivity index is 1.65. The van der Waals surface area contributed by atoms with E-state index in [2.05, 4.69) is 185 Å². The summed E-state index contributed by atoms with van der Waals surface area (Å²) in [5.74, 6) is 0.968. The largest absolute Gasteiger partial charge is 0.291 e. The van der Waals surface area contributed by atoms with E-state index < -0.39 is 0 Å². The van der Waals surface area contributed by atoms with Crippen LogP contribution in [0, 0.1) is 0 Å². The van der Waals surface area contributed by atoms with Crippen LogP contribution in [0.1, 0.15) is 0 Å². The Morgan fingerprint density at radius 2 is 0.759 bits per heavy atom. The van der Waals surface area contributed by atoms with Crippen molar-refractivity contribution in [3.63, 3.8) is 0 Å². The maximum Gasteiger partial charge on any atom is 0.145 e. The molecule has 0 saturated carbocycles. The second-order valence-corrected chi connectivity index (χ2v) is 15.9. The molecule has 0 aliphatic rings. The highest BCUT2D eigenvalue weighted by molar-refractivity contribution is 6.71. The lowest BCUT2D eigenvalue weighted by Gasteiger charge is -2.29. The second kappa shape index (κ2) is 13.3. The number of para-hydroxylation sites is 2. The molecule has 0 atom stereocenters. The van der Waals surface area contributed by atoms with Gasteiger partial charge < -0.3 is 0 Å². The molecule has 0 radical (unpaired) electrons. The SMILES string of the molecule is Bc1c(B)c(B)c(-c2cccc(-c3c4c(B)c(B)c(B)c(B)c4c(-n4c(-c5ccccc5)nc5ccccc54)c4c(B)c(B)c(B)c(B)c34)c2)c(B)c1B. The average molecular weight is 676 g/mol. The summed E-state index contributed by atoms with van der Waals surface area (Å²) in [6.07, 6.45) is 0. The molecule has 54 heavy (non-hydrogen) atoms. The first-order valence-electron chi connectivity index (χ1n) is 19.4. The van der Waals surface area contributed by atoms with Crippen molar-refractivity contribution in [3.8, 4) is 39.3 Å². The lowest BCUT2D eigenvalue weighted by Crippen LogP contribution is -2.55. The molecule has 0 saturated heterocycles. The van der Waals surface area contributed by atoms with Crippen LogP contribution in [0.3, 0.4) is 0 Å². The molecule has 0 unspecified atom stereocenters. The van der Waals surface area contributed by atoms with E-state index in [4.69, 9.17) is 4.98 Å². The van der Waals surface area contributed by atoms with Gasteiger partial charge in [0.05, 0.1) is 16.7 Å². The van der Waals surface area contributed by atoms with Gasteiger partial charge in [-0.1, -0.05) is 93.4 Å². The van der Waals surface area contributed by atoms with Crippen molar-refractivity contribution >= 4 is 206 Å². The van der Waals surface area contributed by atoms with Crippen molar-refractivity contribution in [2.24, 2.45) is 0 Å². The molecule has 8 aromatic rings. The second-order valence-electron chi connectivity index (χ2n) is 15.9. The van der Waals surface area contributed by atoms with Gasteiger partial charge in [0.15, 0.2) is 0 Å². The molecule has 7 aromatic carbocycles. The number of rotatable bonds is 4. The van der Waals surface area contributed by atoms with Gasteiger partial charge in [0.1, 0.15) is 108 Å². The van der Waals surface area contributed by atoms with E-state index in [1.54, 1.807) is 0 Å². The van der Waals surface area contributed by atoms with Crippen molar-refractivity contribution < 1.29 is 0 Å². The zero-order valence-corrected chi connectivity index (χ0v) is 34.4. The molecule has 0 amide bonds. The number of hydrogen-bond acceptors (Lipinski definition) is 1. The minimum atomic E-state index is 0.968. The minimum absolute atomic E-state index is 0.968. The molecular formula is C39H39B13N2. The fraction of sp³-hybridized carbons (Fsp3) is 0. The quantitative estimate of drug-likeness (QED) is 0.134. The molecule has 0 spiro atoms. The molecule has 8 rings (SSSR count). The average Bonchev–Trinajstić information content (AvgIpc) is 3.57. The molecular weight excluding hydrogens is 637 g/mol. The van der Waals surface area contributed by atoms with E-state index in [9.17, 15) is 0 Å². The van der Waals surface area contributed by atoms with E-state index in [1.807, 2.05) is 0 Å². The van der Waals surface area contributed by atoms with Gasteiger partial charge in [-0.3, -0.25) is 4.57 Å². The Hall–Kier alpha value is -4.63. The molecule has 0 fully saturated rings. The van der Waals surface area contributed by atoms with Gasteiger partial charge in [-0.25, -0.2) is 4.98 Å². The highest BCUT2D eigenvalue weighted by Gasteiger charge is 2.28. The fourth-order valence-corrected chi connectivity index (χ4v) is 9.40. The van der Waals surface area contributed by atoms with Gasteiger partial charge in [-0.2, -0.15) is 0 Å². The first-order chi connectivity index (χ1) is 25.8. The Kier molecular flexibility index (Phi) is 8.95. The number of benzene rings is 7. The molecule has 0 N–H and O–H groups in total. The number of hydrogen-bond donors (Lipinski definition) is 0. The van der Waals surface area contributed by atoms with Crippen LogP contribution in [-0.4, -0.2) is 112 Å². The first kappa shape index (κ1) is 36.4. The molecule has 2 nitrogen and oxygen atoms in total. The molecule has 0 aliphatic heterocycles. The van der Waals surface area contributed by atoms with Crippen molar-refractivity contribution in [1.29, 1.82) is 0 Å². The summed E-state index contributed by atoms with van der Waals surface area (Å²) in [4.78, 5) is 5.38. The fourth-order valence-electron chi connectivity index (χ4n) is 9.40. The zero-order valence-electron chi connectivity index (χ0n) is 34.4. The van der Waals surface area contributed by atoms with Crippen LogP contribution < -0.4 is 71.0 Å². The lowest BCUT2D eigenvalue weighted by atomic mass is 9.59. The van der Waals surface area contributed by atoms with Crippen molar-refractivity contribution in [2.45, 2.75) is 0 Å². The van der Waals surface area contributed by atoms with E-state index >= 15 is 0 Å². The minimum Gasteiger partial charge on any atom is -0.291 e. The summed E-state index contributed by atoms with van der Waals surface area (Å²) in [5.41, 5.74) is 27.3. The van der Waals surface area contributed by atoms with Crippen LogP contribution in [0.25, 0.3) is 71.9 Å². The third-order valence-corrected chi connectivity index (χ3v) is 13.6. The topological polar surface area (TPSA) is 17.8 Å². The van der Waals surface area contributed by atoms with Crippen LogP contribution in [0.15, 0.2) is 78.9 Å². The maximum absolute atomic E-state index is 5.38. The van der Waals surface area contributed by atoms with Crippen LogP contribution in [0.5, 0.6) is 0 Å². The smallest absolute Gasteiger partial charge is 0.145 e. The molecule has 15 heteroatoms. The molecule has 244 valence electrons. The van der Waals surface area contributed by atoms with Gasteiger partial charge in [-0.15, -0.1) is 38.2 Å². The summed E-state index contributed by atoms with van der Waals surface area (Å²) in [6.45, 7) is 0. The summed E-state index contributed by atoms with van der Waals surface area (Å²) in [5, 5.41) is 5.29. The highest BCUT2D eigenvalue weighted by Crippen LogP contribution is 2.41. The van der Waals surface area contributed by atoms with Gasteiger partial charge in [0.25, 0.3) is 0 Å². The Morgan fingerprint density at radius 3 is 1.30 bits per heavy atom. The molecule has 1 heterocycles. The first-order valence-corrected chi connectivity index (χ1v) is 19.4. The number of imidazole rings is 1. The highest BCUT2D eigenvalue weighted by atomic mass is 15.1. The normalized spacial score (nSPS) is 11.6. The molecule has 0 bridgehead atoms. The third-order valence-electron chi connectivity index (χ3n) is 13.6. The summed E-state index contributed by atoms with van der Waals surface area (Å²) >= 11 is 0. The van der Waals surface area contributed by atoms with Crippen LogP contribution in [-0.2, 0) is 0 Å². The van der Waals surface area contributed by atoms with Gasteiger partial charge in [-0.05, 0) is 62.0 Å². The Bertz CT molecular complexity index is 2810. The summed E-state index contributed by atoms with van der Waals surface area (Å²) in [7, 11) is 30.0. The molecule has 1 aromatic heterocycles. The standard InChI is InChI=1S/C39H39B13N2/c40-25-20(26(41)32(47)37(52)31(25)46)16-10-6-9-15(13-16)19-21-23(29(44)35(50)33(48)27(21)42)38(24-22(19)28(43)34(49)36(51)30(24)45)54-18-12-5-4-11-17(18)53-39(54)14-7-2-1-3-8-14/h1-13H,40-52H2. The van der Waals surface area contributed by atoms with Crippen LogP contribution in [0.4, 0.5) is 0 Å². The van der Waals surface area contributed by atoms with E-state index in [0.717, 1.165) is 22.4 Å². The van der Waals surface area contributed by atoms with Crippen LogP contribution >= 0.6 is 0 Å². The van der Waals surface area contributed by atoms with Gasteiger partial charge in [0, 0.05) is 5.56 Å². The predicted octanol–water partition coefficient (Wildman–Crippen LogP) is -12.3. The van der Waals surface area contributed by atoms with Crippen molar-refractivity contribution in [3.05, 3.63) is 78.9 Å². The lowest BCUT2D eigenvalue weighted by molar-refractivity contribution is 1.13. The zero-order chi connectivity index (χ0) is 38.5. The number of nitrogens with zero attached hydrogens (tertiary/aromatic N) is 2. The van der Waals surface area contributed by atoms with E-state index in [0.29, 0.717) is 0 Å². The number of aromatic nitrogens is 2.